The van der Waals surface area contributed by atoms with Crippen molar-refractivity contribution in [2.45, 2.75) is 58.8 Å². The fraction of sp³-hybridized carbons (Fsp3) is 0.440. The topological polar surface area (TPSA) is 61.8 Å². The minimum atomic E-state index is -0.399. The highest BCUT2D eigenvalue weighted by molar-refractivity contribution is 5.94. The van der Waals surface area contributed by atoms with Crippen LogP contribution in [-0.2, 0) is 16.6 Å². The maximum atomic E-state index is 13.0. The van der Waals surface area contributed by atoms with E-state index in [1.54, 1.807) is 24.3 Å². The molecule has 160 valence electrons. The van der Waals surface area contributed by atoms with Crippen LogP contribution in [0.1, 0.15) is 78.8 Å². The summed E-state index contributed by atoms with van der Waals surface area (Å²) >= 11 is 0. The molecule has 0 spiro atoms. The van der Waals surface area contributed by atoms with Gasteiger partial charge < -0.3 is 14.2 Å². The molecule has 0 aliphatic carbocycles. The minimum Gasteiger partial charge on any atom is -0.493 e. The molecule has 0 atom stereocenters. The van der Waals surface area contributed by atoms with Crippen LogP contribution in [0.25, 0.3) is 0 Å². The van der Waals surface area contributed by atoms with Crippen molar-refractivity contribution in [1.82, 2.24) is 0 Å². The quantitative estimate of drug-likeness (QED) is 0.446. The van der Waals surface area contributed by atoms with Crippen LogP contribution < -0.4 is 9.47 Å². The van der Waals surface area contributed by atoms with Crippen molar-refractivity contribution in [3.8, 4) is 11.5 Å². The van der Waals surface area contributed by atoms with E-state index in [2.05, 4.69) is 20.8 Å². The molecular weight excluding hydrogens is 380 g/mol. The number of carbonyl (C=O) groups excluding carboxylic acids is 2. The Morgan fingerprint density at radius 1 is 1.03 bits per heavy atom. The van der Waals surface area contributed by atoms with Gasteiger partial charge in [-0.2, -0.15) is 0 Å². The lowest BCUT2D eigenvalue weighted by Gasteiger charge is -2.33. The molecule has 5 nitrogen and oxygen atoms in total. The van der Waals surface area contributed by atoms with E-state index in [1.165, 1.54) is 0 Å². The van der Waals surface area contributed by atoms with E-state index >= 15 is 0 Å². The predicted octanol–water partition coefficient (Wildman–Crippen LogP) is 5.49. The molecule has 0 fully saturated rings. The first-order chi connectivity index (χ1) is 14.4. The normalized spacial score (nSPS) is 14.4. The molecule has 1 aliphatic rings. The number of ether oxygens (including phenoxy) is 3. The first-order valence-electron chi connectivity index (χ1n) is 10.6. The van der Waals surface area contributed by atoms with Gasteiger partial charge in [0, 0.05) is 5.56 Å². The number of hydrogen-bond donors (Lipinski definition) is 0. The molecule has 0 N–H and O–H groups in total. The Bertz CT molecular complexity index is 912. The molecular formula is C25H30O5. The largest absolute Gasteiger partial charge is 0.493 e. The smallest absolute Gasteiger partial charge is 0.343 e. The van der Waals surface area contributed by atoms with Crippen LogP contribution >= 0.6 is 0 Å². The predicted molar refractivity (Wildman–Crippen MR) is 116 cm³/mol. The van der Waals surface area contributed by atoms with Gasteiger partial charge in [-0.1, -0.05) is 34.1 Å². The number of fused-ring (bicyclic) bond motifs is 1. The Hall–Kier alpha value is -2.82. The Balaban J connectivity index is 1.83. The van der Waals surface area contributed by atoms with Crippen molar-refractivity contribution in [2.24, 2.45) is 0 Å². The molecule has 1 aliphatic heterocycles. The molecule has 0 saturated heterocycles. The summed E-state index contributed by atoms with van der Waals surface area (Å²) in [5.74, 6) is 0.477. The lowest BCUT2D eigenvalue weighted by atomic mass is 9.78. The second kappa shape index (κ2) is 9.33. The van der Waals surface area contributed by atoms with Gasteiger partial charge in [-0.05, 0) is 66.6 Å². The van der Waals surface area contributed by atoms with E-state index in [0.29, 0.717) is 30.1 Å². The summed E-state index contributed by atoms with van der Waals surface area (Å²) in [6.07, 6.45) is 3.35. The fourth-order valence-corrected chi connectivity index (χ4v) is 3.59. The lowest BCUT2D eigenvalue weighted by molar-refractivity contribution is 0.0505. The van der Waals surface area contributed by atoms with Gasteiger partial charge in [0.15, 0.2) is 0 Å². The van der Waals surface area contributed by atoms with Crippen molar-refractivity contribution in [3.05, 3.63) is 58.7 Å². The molecule has 0 aromatic heterocycles. The van der Waals surface area contributed by atoms with E-state index < -0.39 is 5.97 Å². The maximum Gasteiger partial charge on any atom is 0.343 e. The summed E-state index contributed by atoms with van der Waals surface area (Å²) in [7, 11) is 0. The molecule has 2 aromatic carbocycles. The Labute approximate surface area is 178 Å². The summed E-state index contributed by atoms with van der Waals surface area (Å²) in [6.45, 7) is 9.42. The number of carbonyl (C=O) groups is 2. The minimum absolute atomic E-state index is 0.0616. The van der Waals surface area contributed by atoms with Crippen LogP contribution in [0.3, 0.4) is 0 Å². The zero-order valence-electron chi connectivity index (χ0n) is 18.2. The summed E-state index contributed by atoms with van der Waals surface area (Å²) in [4.78, 5) is 24.9. The highest BCUT2D eigenvalue weighted by Crippen LogP contribution is 2.40. The van der Waals surface area contributed by atoms with Gasteiger partial charge in [0.05, 0.1) is 24.3 Å². The second-order valence-electron chi connectivity index (χ2n) is 8.29. The first kappa shape index (κ1) is 21.9. The number of benzene rings is 2. The second-order valence-corrected chi connectivity index (χ2v) is 8.29. The van der Waals surface area contributed by atoms with Gasteiger partial charge in [-0.25, -0.2) is 9.59 Å². The third kappa shape index (κ3) is 4.84. The Morgan fingerprint density at radius 3 is 2.43 bits per heavy atom. The molecule has 0 radical (unpaired) electrons. The summed E-state index contributed by atoms with van der Waals surface area (Å²) < 4.78 is 16.6. The molecule has 0 bridgehead atoms. The lowest BCUT2D eigenvalue weighted by Crippen LogP contribution is -2.27. The monoisotopic (exact) mass is 410 g/mol. The summed E-state index contributed by atoms with van der Waals surface area (Å²) in [5, 5.41) is 0. The average molecular weight is 411 g/mol. The van der Waals surface area contributed by atoms with Crippen LogP contribution in [0.5, 0.6) is 11.5 Å². The average Bonchev–Trinajstić information content (AvgIpc) is 2.72. The number of esters is 2. The SMILES string of the molecule is CCCOC(=O)c1ccc(OC(=O)c2cc3c(cc2CCC)OCCC3(C)C)cc1. The third-order valence-corrected chi connectivity index (χ3v) is 5.40. The van der Waals surface area contributed by atoms with Crippen molar-refractivity contribution < 1.29 is 23.8 Å². The van der Waals surface area contributed by atoms with Crippen LogP contribution in [0.2, 0.25) is 0 Å². The van der Waals surface area contributed by atoms with Gasteiger partial charge in [0.1, 0.15) is 11.5 Å². The fourth-order valence-electron chi connectivity index (χ4n) is 3.59. The van der Waals surface area contributed by atoms with E-state index in [1.807, 2.05) is 19.1 Å². The molecule has 30 heavy (non-hydrogen) atoms. The van der Waals surface area contributed by atoms with Gasteiger partial charge in [-0.15, -0.1) is 0 Å². The summed E-state index contributed by atoms with van der Waals surface area (Å²) in [5.41, 5.74) is 2.91. The highest BCUT2D eigenvalue weighted by atomic mass is 16.5. The summed E-state index contributed by atoms with van der Waals surface area (Å²) in [6, 6.07) is 10.4. The molecule has 3 rings (SSSR count). The Kier molecular flexibility index (Phi) is 6.80. The van der Waals surface area contributed by atoms with Crippen LogP contribution in [0, 0.1) is 0 Å². The molecule has 0 amide bonds. The van der Waals surface area contributed by atoms with Crippen molar-refractivity contribution in [1.29, 1.82) is 0 Å². The van der Waals surface area contributed by atoms with Crippen molar-refractivity contribution >= 4 is 11.9 Å². The molecule has 0 unspecified atom stereocenters. The zero-order chi connectivity index (χ0) is 21.7. The van der Waals surface area contributed by atoms with Crippen molar-refractivity contribution in [3.63, 3.8) is 0 Å². The molecule has 1 heterocycles. The number of rotatable bonds is 7. The first-order valence-corrected chi connectivity index (χ1v) is 10.6. The third-order valence-electron chi connectivity index (χ3n) is 5.40. The Morgan fingerprint density at radius 2 is 1.77 bits per heavy atom. The number of aryl methyl sites for hydroxylation is 1. The van der Waals surface area contributed by atoms with E-state index in [9.17, 15) is 9.59 Å². The van der Waals surface area contributed by atoms with Crippen LogP contribution in [0.4, 0.5) is 0 Å². The number of hydrogen-bond acceptors (Lipinski definition) is 5. The maximum absolute atomic E-state index is 13.0. The van der Waals surface area contributed by atoms with Crippen LogP contribution in [-0.4, -0.2) is 25.2 Å². The standard InChI is InChI=1S/C25H30O5/c1-5-7-18-15-22-21(25(3,4)12-14-28-22)16-20(18)24(27)30-19-10-8-17(9-11-19)23(26)29-13-6-2/h8-11,15-16H,5-7,12-14H2,1-4H3. The van der Waals surface area contributed by atoms with Gasteiger partial charge in [0.2, 0.25) is 0 Å². The highest BCUT2D eigenvalue weighted by Gasteiger charge is 2.31. The van der Waals surface area contributed by atoms with E-state index in [4.69, 9.17) is 14.2 Å². The van der Waals surface area contributed by atoms with E-state index in [0.717, 1.165) is 42.6 Å². The molecule has 2 aromatic rings. The van der Waals surface area contributed by atoms with Crippen LogP contribution in [0.15, 0.2) is 36.4 Å². The van der Waals surface area contributed by atoms with Crippen molar-refractivity contribution in [2.75, 3.05) is 13.2 Å². The van der Waals surface area contributed by atoms with Gasteiger partial charge in [-0.3, -0.25) is 0 Å². The van der Waals surface area contributed by atoms with Gasteiger partial charge >= 0.3 is 11.9 Å². The zero-order valence-corrected chi connectivity index (χ0v) is 18.2. The van der Waals surface area contributed by atoms with Gasteiger partial charge in [0.25, 0.3) is 0 Å². The van der Waals surface area contributed by atoms with E-state index in [-0.39, 0.29) is 11.4 Å². The molecule has 5 heteroatoms. The molecule has 0 saturated carbocycles.